The van der Waals surface area contributed by atoms with Gasteiger partial charge in [0, 0.05) is 18.4 Å². The summed E-state index contributed by atoms with van der Waals surface area (Å²) in [6, 6.07) is 0.489. The van der Waals surface area contributed by atoms with Gasteiger partial charge in [0.2, 0.25) is 0 Å². The molecular formula is C13H20N6. The zero-order valence-corrected chi connectivity index (χ0v) is 11.0. The summed E-state index contributed by atoms with van der Waals surface area (Å²) >= 11 is 0. The van der Waals surface area contributed by atoms with Crippen molar-refractivity contribution in [2.45, 2.75) is 44.6 Å². The Morgan fingerprint density at radius 1 is 1.21 bits per heavy atom. The predicted octanol–water partition coefficient (Wildman–Crippen LogP) is 2.15. The second kappa shape index (κ2) is 5.44. The highest BCUT2D eigenvalue weighted by molar-refractivity contribution is 5.65. The molecule has 2 heterocycles. The summed E-state index contributed by atoms with van der Waals surface area (Å²) in [7, 11) is 0. The van der Waals surface area contributed by atoms with Crippen LogP contribution in [0.1, 0.15) is 38.5 Å². The Morgan fingerprint density at radius 3 is 2.74 bits per heavy atom. The molecule has 102 valence electrons. The third-order valence-electron chi connectivity index (χ3n) is 3.72. The monoisotopic (exact) mass is 260 g/mol. The Morgan fingerprint density at radius 2 is 2.00 bits per heavy atom. The van der Waals surface area contributed by atoms with Crippen LogP contribution in [0.3, 0.4) is 0 Å². The number of aromatic nitrogens is 3. The minimum Gasteiger partial charge on any atom is -0.364 e. The molecule has 0 atom stereocenters. The minimum absolute atomic E-state index is 0.489. The van der Waals surface area contributed by atoms with Crippen molar-refractivity contribution in [2.75, 3.05) is 10.7 Å². The van der Waals surface area contributed by atoms with Crippen molar-refractivity contribution in [2.24, 2.45) is 5.84 Å². The van der Waals surface area contributed by atoms with E-state index in [1.165, 1.54) is 38.5 Å². The van der Waals surface area contributed by atoms with E-state index >= 15 is 0 Å². The standard InChI is InChI=1S/C13H20N6/c14-18-11-9-19-8-7-15-13(19)12(17-11)16-10-5-3-1-2-4-6-10/h7-10,18H,1-6,14H2,(H,16,17). The molecule has 0 radical (unpaired) electrons. The maximum Gasteiger partial charge on any atom is 0.180 e. The highest BCUT2D eigenvalue weighted by atomic mass is 15.3. The number of nitrogens with two attached hydrogens (primary N) is 1. The summed E-state index contributed by atoms with van der Waals surface area (Å²) in [6.07, 6.45) is 13.2. The van der Waals surface area contributed by atoms with Crippen LogP contribution in [0.4, 0.5) is 11.6 Å². The topological polar surface area (TPSA) is 80.3 Å². The molecule has 1 aliphatic rings. The number of nitrogens with one attached hydrogen (secondary N) is 2. The average Bonchev–Trinajstić information content (AvgIpc) is 2.76. The van der Waals surface area contributed by atoms with Crippen molar-refractivity contribution in [3.05, 3.63) is 18.6 Å². The molecule has 1 fully saturated rings. The van der Waals surface area contributed by atoms with Gasteiger partial charge in [0.05, 0.1) is 6.20 Å². The van der Waals surface area contributed by atoms with Crippen LogP contribution < -0.4 is 16.6 Å². The lowest BCUT2D eigenvalue weighted by Crippen LogP contribution is -2.20. The lowest BCUT2D eigenvalue weighted by Gasteiger charge is -2.17. The summed E-state index contributed by atoms with van der Waals surface area (Å²) in [4.78, 5) is 8.84. The number of fused-ring (bicyclic) bond motifs is 1. The molecule has 4 N–H and O–H groups in total. The van der Waals surface area contributed by atoms with Crippen LogP contribution in [0.5, 0.6) is 0 Å². The second-order valence-electron chi connectivity index (χ2n) is 5.11. The van der Waals surface area contributed by atoms with Crippen molar-refractivity contribution < 1.29 is 0 Å². The number of imidazole rings is 1. The molecular weight excluding hydrogens is 240 g/mol. The summed E-state index contributed by atoms with van der Waals surface area (Å²) in [5.74, 6) is 6.92. The zero-order valence-electron chi connectivity index (χ0n) is 11.0. The highest BCUT2D eigenvalue weighted by Gasteiger charge is 2.15. The lowest BCUT2D eigenvalue weighted by atomic mass is 10.1. The van der Waals surface area contributed by atoms with E-state index in [0.717, 1.165) is 11.5 Å². The third-order valence-corrected chi connectivity index (χ3v) is 3.72. The molecule has 6 nitrogen and oxygen atoms in total. The van der Waals surface area contributed by atoms with E-state index in [2.05, 4.69) is 20.7 Å². The van der Waals surface area contributed by atoms with Gasteiger partial charge in [-0.1, -0.05) is 25.7 Å². The largest absolute Gasteiger partial charge is 0.364 e. The molecule has 0 amide bonds. The predicted molar refractivity (Wildman–Crippen MR) is 75.9 cm³/mol. The molecule has 0 aromatic carbocycles. The Kier molecular flexibility index (Phi) is 3.50. The van der Waals surface area contributed by atoms with Crippen molar-refractivity contribution >= 4 is 17.3 Å². The molecule has 1 aliphatic carbocycles. The molecule has 0 bridgehead atoms. The first-order valence-electron chi connectivity index (χ1n) is 6.93. The molecule has 19 heavy (non-hydrogen) atoms. The zero-order chi connectivity index (χ0) is 13.1. The molecule has 0 spiro atoms. The van der Waals surface area contributed by atoms with E-state index in [1.807, 2.05) is 16.8 Å². The fraction of sp³-hybridized carbons (Fsp3) is 0.538. The van der Waals surface area contributed by atoms with Crippen LogP contribution in [0.2, 0.25) is 0 Å². The van der Waals surface area contributed by atoms with E-state index < -0.39 is 0 Å². The lowest BCUT2D eigenvalue weighted by molar-refractivity contribution is 0.618. The van der Waals surface area contributed by atoms with Crippen molar-refractivity contribution in [1.82, 2.24) is 14.4 Å². The van der Waals surface area contributed by atoms with Gasteiger partial charge in [-0.25, -0.2) is 15.8 Å². The molecule has 6 heteroatoms. The summed E-state index contributed by atoms with van der Waals surface area (Å²) in [6.45, 7) is 0. The van der Waals surface area contributed by atoms with Crippen LogP contribution in [0, 0.1) is 0 Å². The maximum atomic E-state index is 5.46. The second-order valence-corrected chi connectivity index (χ2v) is 5.11. The van der Waals surface area contributed by atoms with Crippen molar-refractivity contribution in [3.8, 4) is 0 Å². The van der Waals surface area contributed by atoms with Gasteiger partial charge in [-0.15, -0.1) is 0 Å². The van der Waals surface area contributed by atoms with Gasteiger partial charge >= 0.3 is 0 Å². The average molecular weight is 260 g/mol. The van der Waals surface area contributed by atoms with Crippen molar-refractivity contribution in [1.29, 1.82) is 0 Å². The van der Waals surface area contributed by atoms with Crippen LogP contribution in [-0.2, 0) is 0 Å². The van der Waals surface area contributed by atoms with E-state index in [9.17, 15) is 0 Å². The number of nitrogen functional groups attached to an aromatic ring is 1. The molecule has 0 unspecified atom stereocenters. The normalized spacial score (nSPS) is 17.3. The maximum absolute atomic E-state index is 5.46. The molecule has 2 aromatic rings. The Labute approximate surface area is 112 Å². The van der Waals surface area contributed by atoms with Gasteiger partial charge in [-0.3, -0.25) is 0 Å². The van der Waals surface area contributed by atoms with E-state index in [0.29, 0.717) is 11.9 Å². The first kappa shape index (κ1) is 12.2. The van der Waals surface area contributed by atoms with Crippen LogP contribution >= 0.6 is 0 Å². The molecule has 0 saturated heterocycles. The van der Waals surface area contributed by atoms with Crippen LogP contribution in [0.25, 0.3) is 5.65 Å². The molecule has 1 saturated carbocycles. The summed E-state index contributed by atoms with van der Waals surface area (Å²) < 4.78 is 1.93. The van der Waals surface area contributed by atoms with Gasteiger partial charge in [0.1, 0.15) is 0 Å². The summed E-state index contributed by atoms with van der Waals surface area (Å²) in [5, 5.41) is 3.53. The van der Waals surface area contributed by atoms with Gasteiger partial charge in [-0.2, -0.15) is 0 Å². The number of anilines is 2. The van der Waals surface area contributed by atoms with Gasteiger partial charge in [0.25, 0.3) is 0 Å². The van der Waals surface area contributed by atoms with E-state index in [1.54, 1.807) is 6.20 Å². The SMILES string of the molecule is NNc1cn2ccnc2c(NC2CCCCCC2)n1. The quantitative estimate of drug-likeness (QED) is 0.447. The van der Waals surface area contributed by atoms with Gasteiger partial charge in [0.15, 0.2) is 17.3 Å². The molecule has 0 aliphatic heterocycles. The number of rotatable bonds is 3. The summed E-state index contributed by atoms with van der Waals surface area (Å²) in [5.41, 5.74) is 3.45. The number of hydrogen-bond donors (Lipinski definition) is 3. The fourth-order valence-corrected chi connectivity index (χ4v) is 2.72. The first-order chi connectivity index (χ1) is 9.36. The Balaban J connectivity index is 1.87. The number of nitrogens with zero attached hydrogens (tertiary/aromatic N) is 3. The fourth-order valence-electron chi connectivity index (χ4n) is 2.72. The Hall–Kier alpha value is -1.82. The Bertz CT molecular complexity index is 541. The van der Waals surface area contributed by atoms with E-state index in [4.69, 9.17) is 5.84 Å². The first-order valence-corrected chi connectivity index (χ1v) is 6.93. The minimum atomic E-state index is 0.489. The number of hydrogen-bond acceptors (Lipinski definition) is 5. The molecule has 2 aromatic heterocycles. The van der Waals surface area contributed by atoms with Gasteiger partial charge in [-0.05, 0) is 12.8 Å². The van der Waals surface area contributed by atoms with Crippen LogP contribution in [-0.4, -0.2) is 20.4 Å². The third kappa shape index (κ3) is 2.63. The number of hydrazine groups is 1. The molecule has 3 rings (SSSR count). The van der Waals surface area contributed by atoms with Crippen LogP contribution in [0.15, 0.2) is 18.6 Å². The highest BCUT2D eigenvalue weighted by Crippen LogP contribution is 2.23. The van der Waals surface area contributed by atoms with Crippen molar-refractivity contribution in [3.63, 3.8) is 0 Å². The van der Waals surface area contributed by atoms with Gasteiger partial charge < -0.3 is 15.1 Å². The smallest absolute Gasteiger partial charge is 0.180 e. The van der Waals surface area contributed by atoms with E-state index in [-0.39, 0.29) is 0 Å².